The minimum Gasteiger partial charge on any atom is -0.422 e. The number of aryl methyl sites for hydroxylation is 1. The SMILES string of the molecule is CCCCCCc1ccc2oc(=O)c(C3=NS(=O)(=O)c4ccccc4N3)cc2c1. The van der Waals surface area contributed by atoms with Gasteiger partial charge in [0.05, 0.1) is 5.69 Å². The Morgan fingerprint density at radius 1 is 1.03 bits per heavy atom. The molecule has 0 radical (unpaired) electrons. The fourth-order valence-corrected chi connectivity index (χ4v) is 4.61. The number of para-hydroxylation sites is 1. The fourth-order valence-electron chi connectivity index (χ4n) is 3.48. The van der Waals surface area contributed by atoms with Gasteiger partial charge in [0.2, 0.25) is 0 Å². The van der Waals surface area contributed by atoms with Gasteiger partial charge in [0.15, 0.2) is 5.84 Å². The van der Waals surface area contributed by atoms with E-state index in [4.69, 9.17) is 4.42 Å². The molecule has 0 atom stereocenters. The highest BCUT2D eigenvalue weighted by molar-refractivity contribution is 7.90. The van der Waals surface area contributed by atoms with E-state index in [1.807, 2.05) is 12.1 Å². The Morgan fingerprint density at radius 2 is 1.86 bits per heavy atom. The van der Waals surface area contributed by atoms with Crippen molar-refractivity contribution in [2.45, 2.75) is 43.9 Å². The minimum absolute atomic E-state index is 0.0206. The quantitative estimate of drug-likeness (QED) is 0.478. The lowest BCUT2D eigenvalue weighted by molar-refractivity contribution is 0.559. The van der Waals surface area contributed by atoms with Crippen molar-refractivity contribution in [1.82, 2.24) is 0 Å². The van der Waals surface area contributed by atoms with E-state index in [2.05, 4.69) is 16.6 Å². The van der Waals surface area contributed by atoms with Gasteiger partial charge < -0.3 is 9.73 Å². The van der Waals surface area contributed by atoms with Gasteiger partial charge in [-0.2, -0.15) is 8.42 Å². The predicted octanol–water partition coefficient (Wildman–Crippen LogP) is 4.48. The van der Waals surface area contributed by atoms with Crippen LogP contribution in [0.2, 0.25) is 0 Å². The molecule has 1 aliphatic rings. The molecule has 0 spiro atoms. The van der Waals surface area contributed by atoms with Crippen molar-refractivity contribution >= 4 is 32.5 Å². The van der Waals surface area contributed by atoms with E-state index in [1.54, 1.807) is 30.3 Å². The van der Waals surface area contributed by atoms with Crippen molar-refractivity contribution in [2.75, 3.05) is 5.32 Å². The molecule has 0 aliphatic carbocycles. The molecule has 0 saturated carbocycles. The van der Waals surface area contributed by atoms with Crippen LogP contribution in [-0.4, -0.2) is 14.3 Å². The van der Waals surface area contributed by atoms with Crippen molar-refractivity contribution in [3.8, 4) is 0 Å². The molecule has 0 saturated heterocycles. The molecule has 1 N–H and O–H groups in total. The third kappa shape index (κ3) is 3.96. The number of nitrogens with one attached hydrogen (secondary N) is 1. The summed E-state index contributed by atoms with van der Waals surface area (Å²) in [7, 11) is -3.89. The van der Waals surface area contributed by atoms with Crippen LogP contribution in [0.1, 0.15) is 43.7 Å². The lowest BCUT2D eigenvalue weighted by Crippen LogP contribution is -2.27. The van der Waals surface area contributed by atoms with E-state index >= 15 is 0 Å². The van der Waals surface area contributed by atoms with Gasteiger partial charge in [0.1, 0.15) is 16.0 Å². The first-order valence-corrected chi connectivity index (χ1v) is 11.2. The number of nitrogens with zero attached hydrogens (tertiary/aromatic N) is 1. The summed E-state index contributed by atoms with van der Waals surface area (Å²) < 4.78 is 34.2. The number of hydrogen-bond donors (Lipinski definition) is 1. The maximum absolute atomic E-state index is 12.5. The Labute approximate surface area is 169 Å². The number of unbranched alkanes of at least 4 members (excludes halogenated alkanes) is 3. The Hall–Kier alpha value is -2.93. The molecule has 3 aromatic rings. The first kappa shape index (κ1) is 19.4. The fraction of sp³-hybridized carbons (Fsp3) is 0.273. The van der Waals surface area contributed by atoms with Crippen molar-refractivity contribution in [1.29, 1.82) is 0 Å². The van der Waals surface area contributed by atoms with Gasteiger partial charge in [-0.05, 0) is 48.7 Å². The lowest BCUT2D eigenvalue weighted by Gasteiger charge is -2.17. The number of hydrogen-bond acceptors (Lipinski definition) is 5. The summed E-state index contributed by atoms with van der Waals surface area (Å²) in [6.45, 7) is 2.18. The normalized spacial score (nSPS) is 14.9. The summed E-state index contributed by atoms with van der Waals surface area (Å²) in [5.74, 6) is -0.0206. The zero-order chi connectivity index (χ0) is 20.4. The first-order chi connectivity index (χ1) is 14.0. The zero-order valence-electron chi connectivity index (χ0n) is 16.1. The van der Waals surface area contributed by atoms with E-state index < -0.39 is 15.6 Å². The van der Waals surface area contributed by atoms with E-state index in [-0.39, 0.29) is 16.3 Å². The van der Waals surface area contributed by atoms with Gasteiger partial charge in [-0.15, -0.1) is 4.40 Å². The average Bonchev–Trinajstić information content (AvgIpc) is 2.70. The molecule has 7 heteroatoms. The Kier molecular flexibility index (Phi) is 5.24. The zero-order valence-corrected chi connectivity index (χ0v) is 17.0. The van der Waals surface area contributed by atoms with Crippen LogP contribution in [0.25, 0.3) is 11.0 Å². The van der Waals surface area contributed by atoms with Gasteiger partial charge >= 0.3 is 5.63 Å². The van der Waals surface area contributed by atoms with Gasteiger partial charge in [-0.1, -0.05) is 44.4 Å². The summed E-state index contributed by atoms with van der Waals surface area (Å²) in [6, 6.07) is 13.9. The highest BCUT2D eigenvalue weighted by Crippen LogP contribution is 2.28. The number of rotatable bonds is 6. The van der Waals surface area contributed by atoms with E-state index in [0.29, 0.717) is 11.3 Å². The van der Waals surface area contributed by atoms with Crippen LogP contribution in [0.15, 0.2) is 67.0 Å². The molecule has 0 bridgehead atoms. The van der Waals surface area contributed by atoms with E-state index in [0.717, 1.165) is 23.8 Å². The predicted molar refractivity (Wildman–Crippen MR) is 114 cm³/mol. The molecule has 29 heavy (non-hydrogen) atoms. The molecule has 1 aromatic heterocycles. The molecule has 4 rings (SSSR count). The van der Waals surface area contributed by atoms with Gasteiger partial charge in [-0.25, -0.2) is 4.79 Å². The minimum atomic E-state index is -3.89. The summed E-state index contributed by atoms with van der Waals surface area (Å²) in [5, 5.41) is 3.69. The van der Waals surface area contributed by atoms with Crippen LogP contribution in [0.4, 0.5) is 5.69 Å². The third-order valence-electron chi connectivity index (χ3n) is 5.00. The number of sulfonamides is 1. The molecule has 0 unspecified atom stereocenters. The van der Waals surface area contributed by atoms with Crippen LogP contribution >= 0.6 is 0 Å². The molecule has 1 aliphatic heterocycles. The maximum Gasteiger partial charge on any atom is 0.347 e. The van der Waals surface area contributed by atoms with Crippen molar-refractivity contribution in [2.24, 2.45) is 4.40 Å². The Bertz CT molecular complexity index is 1260. The number of fused-ring (bicyclic) bond motifs is 2. The Balaban J connectivity index is 1.71. The smallest absolute Gasteiger partial charge is 0.347 e. The number of amidine groups is 1. The third-order valence-corrected chi connectivity index (χ3v) is 6.33. The summed E-state index contributed by atoms with van der Waals surface area (Å²) in [5.41, 5.74) is 1.48. The summed E-state index contributed by atoms with van der Waals surface area (Å²) in [6.07, 6.45) is 5.64. The molecular weight excluding hydrogens is 388 g/mol. The second-order valence-corrected chi connectivity index (χ2v) is 8.74. The van der Waals surface area contributed by atoms with Crippen molar-refractivity contribution in [3.63, 3.8) is 0 Å². The average molecular weight is 410 g/mol. The highest BCUT2D eigenvalue weighted by atomic mass is 32.2. The number of benzene rings is 2. The van der Waals surface area contributed by atoms with Crippen LogP contribution in [0, 0.1) is 0 Å². The molecule has 0 amide bonds. The first-order valence-electron chi connectivity index (χ1n) is 9.76. The second kappa shape index (κ2) is 7.83. The van der Waals surface area contributed by atoms with Crippen LogP contribution < -0.4 is 10.9 Å². The largest absolute Gasteiger partial charge is 0.422 e. The maximum atomic E-state index is 12.5. The topological polar surface area (TPSA) is 88.7 Å². The second-order valence-electron chi connectivity index (χ2n) is 7.17. The molecule has 2 heterocycles. The molecule has 2 aromatic carbocycles. The molecular formula is C22H22N2O4S. The number of anilines is 1. The molecule has 0 fully saturated rings. The van der Waals surface area contributed by atoms with E-state index in [1.165, 1.54) is 25.3 Å². The van der Waals surface area contributed by atoms with Crippen LogP contribution in [0.5, 0.6) is 0 Å². The van der Waals surface area contributed by atoms with Crippen molar-refractivity contribution in [3.05, 3.63) is 70.1 Å². The summed E-state index contributed by atoms with van der Waals surface area (Å²) in [4.78, 5) is 12.6. The van der Waals surface area contributed by atoms with Crippen LogP contribution in [-0.2, 0) is 16.4 Å². The van der Waals surface area contributed by atoms with Gasteiger partial charge in [-0.3, -0.25) is 0 Å². The van der Waals surface area contributed by atoms with Gasteiger partial charge in [0, 0.05) is 5.39 Å². The molecule has 150 valence electrons. The Morgan fingerprint density at radius 3 is 2.69 bits per heavy atom. The van der Waals surface area contributed by atoms with E-state index in [9.17, 15) is 13.2 Å². The monoisotopic (exact) mass is 410 g/mol. The molecule has 6 nitrogen and oxygen atoms in total. The standard InChI is InChI=1S/C22H22N2O4S/c1-2-3-4-5-8-15-11-12-19-16(13-15)14-17(22(25)28-19)21-23-18-9-6-7-10-20(18)29(26,27)24-21/h6-7,9-14H,2-5,8H2,1H3,(H,23,24). The van der Waals surface area contributed by atoms with Gasteiger partial charge in [0.25, 0.3) is 10.0 Å². The van der Waals surface area contributed by atoms with Crippen molar-refractivity contribution < 1.29 is 12.8 Å². The lowest BCUT2D eigenvalue weighted by atomic mass is 10.0. The summed E-state index contributed by atoms with van der Waals surface area (Å²) >= 11 is 0. The highest BCUT2D eigenvalue weighted by Gasteiger charge is 2.26. The van der Waals surface area contributed by atoms with Crippen LogP contribution in [0.3, 0.4) is 0 Å².